The molecule has 3 heterocycles. The number of fused-ring (bicyclic) bond motifs is 1. The minimum absolute atomic E-state index is 0.0421. The van der Waals surface area contributed by atoms with E-state index in [-0.39, 0.29) is 36.7 Å². The lowest BCUT2D eigenvalue weighted by molar-refractivity contribution is 0.297. The molecule has 1 aliphatic rings. The van der Waals surface area contributed by atoms with E-state index < -0.39 is 89.8 Å². The van der Waals surface area contributed by atoms with Crippen molar-refractivity contribution in [2.24, 2.45) is 6.98 Å². The lowest BCUT2D eigenvalue weighted by Gasteiger charge is -2.19. The van der Waals surface area contributed by atoms with Crippen molar-refractivity contribution >= 4 is 21.1 Å². The SMILES string of the molecule is [2H]C([2H])(CNS(=O)(=O)c1ccc(OCCC)c(-c2nc3c(CC([2H])([2H])C([2H])([2H])[2H])nn(C([2H])([2H])[2H])c3c(=O)[nH]2)c1)C1CCCN1C([2H])([2H])[2H]. The fourth-order valence-corrected chi connectivity index (χ4v) is 4.89. The van der Waals surface area contributed by atoms with Gasteiger partial charge in [0.1, 0.15) is 17.1 Å². The Morgan fingerprint density at radius 1 is 1.36 bits per heavy atom. The van der Waals surface area contributed by atoms with Gasteiger partial charge >= 0.3 is 0 Å². The molecule has 11 heteroatoms. The summed E-state index contributed by atoms with van der Waals surface area (Å²) in [6.45, 7) is -7.46. The molecule has 2 aromatic heterocycles. The Morgan fingerprint density at radius 3 is 3.03 bits per heavy atom. The third-order valence-electron chi connectivity index (χ3n) is 5.69. The molecule has 10 nitrogen and oxygen atoms in total. The van der Waals surface area contributed by atoms with Crippen LogP contribution in [-0.4, -0.2) is 65.8 Å². The van der Waals surface area contributed by atoms with Crippen LogP contribution in [0.1, 0.15) is 69.3 Å². The highest BCUT2D eigenvalue weighted by Crippen LogP contribution is 2.31. The third kappa shape index (κ3) is 5.47. The molecule has 0 spiro atoms. The summed E-state index contributed by atoms with van der Waals surface area (Å²) >= 11 is 0. The summed E-state index contributed by atoms with van der Waals surface area (Å²) in [6, 6.07) is 2.43. The summed E-state index contributed by atoms with van der Waals surface area (Å²) in [5.41, 5.74) is -2.63. The first-order valence-corrected chi connectivity index (χ1v) is 12.8. The van der Waals surface area contributed by atoms with Crippen molar-refractivity contribution < 1.29 is 31.0 Å². The number of hydrogen-bond donors (Lipinski definition) is 2. The molecule has 2 N–H and O–H groups in total. The van der Waals surface area contributed by atoms with E-state index >= 15 is 0 Å². The number of likely N-dealkylation sites (tertiary alicyclic amines) is 1. The van der Waals surface area contributed by atoms with Crippen LogP contribution in [0.5, 0.6) is 5.75 Å². The Morgan fingerprint density at radius 2 is 2.25 bits per heavy atom. The predicted octanol–water partition coefficient (Wildman–Crippen LogP) is 2.83. The molecule has 0 radical (unpaired) electrons. The summed E-state index contributed by atoms with van der Waals surface area (Å²) in [6.07, 6.45) is -4.98. The molecule has 4 rings (SSSR count). The van der Waals surface area contributed by atoms with E-state index in [0.717, 1.165) is 17.0 Å². The van der Waals surface area contributed by atoms with Gasteiger partial charge in [-0.05, 0) is 63.8 Å². The van der Waals surface area contributed by atoms with Crippen molar-refractivity contribution in [2.75, 3.05) is 26.7 Å². The van der Waals surface area contributed by atoms with E-state index in [1.807, 2.05) is 0 Å². The van der Waals surface area contributed by atoms with Gasteiger partial charge in [-0.25, -0.2) is 18.1 Å². The van der Waals surface area contributed by atoms with E-state index in [0.29, 0.717) is 17.5 Å². The van der Waals surface area contributed by atoms with Crippen LogP contribution < -0.4 is 15.0 Å². The zero-order valence-corrected chi connectivity index (χ0v) is 20.4. The van der Waals surface area contributed by atoms with Gasteiger partial charge in [0.25, 0.3) is 5.56 Å². The Labute approximate surface area is 230 Å². The van der Waals surface area contributed by atoms with Crippen molar-refractivity contribution in [1.29, 1.82) is 0 Å². The first-order chi connectivity index (χ1) is 22.3. The monoisotopic (exact) mass is 529 g/mol. The van der Waals surface area contributed by atoms with Gasteiger partial charge in [-0.1, -0.05) is 20.1 Å². The van der Waals surface area contributed by atoms with Crippen molar-refractivity contribution in [3.8, 4) is 17.1 Å². The number of H-pyrrole nitrogens is 1. The van der Waals surface area contributed by atoms with Gasteiger partial charge in [0.2, 0.25) is 10.0 Å². The van der Waals surface area contributed by atoms with Crippen molar-refractivity contribution in [3.63, 3.8) is 0 Å². The Bertz CT molecular complexity index is 1850. The van der Waals surface area contributed by atoms with Gasteiger partial charge in [0.15, 0.2) is 5.52 Å². The van der Waals surface area contributed by atoms with Crippen molar-refractivity contribution in [1.82, 2.24) is 29.4 Å². The lowest BCUT2D eigenvalue weighted by atomic mass is 10.1. The highest BCUT2D eigenvalue weighted by molar-refractivity contribution is 7.89. The summed E-state index contributed by atoms with van der Waals surface area (Å²) < 4.78 is 138. The first-order valence-electron chi connectivity index (χ1n) is 17.9. The smallest absolute Gasteiger partial charge is 0.277 e. The molecule has 1 atom stereocenters. The maximum atomic E-state index is 13.5. The Kier molecular flexibility index (Phi) is 4.39. The Hall–Kier alpha value is -2.76. The standard InChI is InChI=1S/C25H36N6O4S/c1-5-8-20-22-23(31(4)29-20)25(32)28-24(27-22)19-16-18(10-11-21(19)35-15-6-2)36(33,34)26-13-12-17-9-7-14-30(17)3/h10-11,16-17,26H,5-9,12-15H2,1-4H3,(H,27,28,32)/i1D3,3D3,4D3,5D2,12D2. The van der Waals surface area contributed by atoms with E-state index in [2.05, 4.69) is 19.8 Å². The van der Waals surface area contributed by atoms with Crippen LogP contribution in [0.25, 0.3) is 22.4 Å². The molecule has 1 aromatic carbocycles. The van der Waals surface area contributed by atoms with E-state index in [9.17, 15) is 13.2 Å². The van der Waals surface area contributed by atoms with Crippen LogP contribution in [0.2, 0.25) is 0 Å². The van der Waals surface area contributed by atoms with Crippen LogP contribution in [0.3, 0.4) is 0 Å². The fraction of sp³-hybridized carbons (Fsp3) is 0.560. The maximum absolute atomic E-state index is 13.5. The van der Waals surface area contributed by atoms with Crippen molar-refractivity contribution in [2.45, 2.75) is 63.1 Å². The molecular formula is C25H36N6O4S. The van der Waals surface area contributed by atoms with Crippen molar-refractivity contribution in [3.05, 3.63) is 34.2 Å². The number of rotatable bonds is 11. The lowest BCUT2D eigenvalue weighted by Crippen LogP contribution is -2.31. The molecule has 196 valence electrons. The molecule has 1 aliphatic heterocycles. The molecule has 0 amide bonds. The Balaban J connectivity index is 1.81. The summed E-state index contributed by atoms with van der Waals surface area (Å²) in [4.78, 5) is 20.7. The number of nitrogens with one attached hydrogen (secondary N) is 2. The molecule has 0 saturated carbocycles. The highest BCUT2D eigenvalue weighted by atomic mass is 32.2. The second-order valence-corrected chi connectivity index (χ2v) is 9.98. The number of aryl methyl sites for hydroxylation is 2. The first kappa shape index (κ1) is 14.3. The average molecular weight is 530 g/mol. The molecule has 0 aliphatic carbocycles. The van der Waals surface area contributed by atoms with Crippen LogP contribution in [0.4, 0.5) is 0 Å². The van der Waals surface area contributed by atoms with Crippen LogP contribution in [-0.2, 0) is 23.4 Å². The second-order valence-electron chi connectivity index (χ2n) is 8.21. The highest BCUT2D eigenvalue weighted by Gasteiger charge is 2.23. The number of hydrogen-bond acceptors (Lipinski definition) is 7. The maximum Gasteiger partial charge on any atom is 0.277 e. The second kappa shape index (κ2) is 11.1. The number of ether oxygens (including phenoxy) is 1. The molecule has 1 unspecified atom stereocenters. The number of benzene rings is 1. The van der Waals surface area contributed by atoms with Gasteiger partial charge in [-0.3, -0.25) is 9.48 Å². The van der Waals surface area contributed by atoms with E-state index in [4.69, 9.17) is 22.6 Å². The van der Waals surface area contributed by atoms with Crippen LogP contribution in [0, 0.1) is 0 Å². The quantitative estimate of drug-likeness (QED) is 0.392. The minimum Gasteiger partial charge on any atom is -0.493 e. The van der Waals surface area contributed by atoms with Gasteiger partial charge in [0.05, 0.1) is 22.8 Å². The molecule has 36 heavy (non-hydrogen) atoms. The number of sulfonamides is 1. The topological polar surface area (TPSA) is 122 Å². The average Bonchev–Trinajstić information content (AvgIpc) is 3.61. The van der Waals surface area contributed by atoms with E-state index in [1.54, 1.807) is 6.92 Å². The molecule has 1 saturated heterocycles. The van der Waals surface area contributed by atoms with Crippen LogP contribution in [0.15, 0.2) is 27.9 Å². The predicted molar refractivity (Wildman–Crippen MR) is 140 cm³/mol. The summed E-state index contributed by atoms with van der Waals surface area (Å²) in [5, 5.41) is 3.85. The number of aromatic amines is 1. The largest absolute Gasteiger partial charge is 0.493 e. The third-order valence-corrected chi connectivity index (χ3v) is 7.09. The number of aromatic nitrogens is 4. The fourth-order valence-electron chi connectivity index (χ4n) is 3.93. The minimum atomic E-state index is -4.49. The van der Waals surface area contributed by atoms with Gasteiger partial charge < -0.3 is 14.6 Å². The van der Waals surface area contributed by atoms with Gasteiger partial charge in [0, 0.05) is 37.4 Å². The van der Waals surface area contributed by atoms with Gasteiger partial charge in [-0.15, -0.1) is 0 Å². The number of nitrogens with zero attached hydrogens (tertiary/aromatic N) is 4. The molecule has 3 aromatic rings. The zero-order valence-electron chi connectivity index (χ0n) is 32.6. The van der Waals surface area contributed by atoms with Gasteiger partial charge in [-0.2, -0.15) is 5.10 Å². The summed E-state index contributed by atoms with van der Waals surface area (Å²) in [7, 11) is -4.49. The summed E-state index contributed by atoms with van der Waals surface area (Å²) in [5.74, 6) is -0.295. The normalized spacial score (nSPS) is 23.9. The van der Waals surface area contributed by atoms with E-state index in [1.165, 1.54) is 6.07 Å². The molecular weight excluding hydrogens is 480 g/mol. The molecule has 1 fully saturated rings. The zero-order chi connectivity index (χ0) is 37.0. The van der Waals surface area contributed by atoms with Crippen LogP contribution >= 0.6 is 0 Å². The molecule has 0 bridgehead atoms.